The molecule has 0 amide bonds. The average Bonchev–Trinajstić information content (AvgIpc) is 2.82. The lowest BCUT2D eigenvalue weighted by Gasteiger charge is -2.25. The molecule has 1 aromatic carbocycles. The van der Waals surface area contributed by atoms with Crippen LogP contribution in [0.5, 0.6) is 0 Å². The fourth-order valence-corrected chi connectivity index (χ4v) is 2.75. The topological polar surface area (TPSA) is 55.6 Å². The zero-order valence-corrected chi connectivity index (χ0v) is 12.0. The number of anilines is 2. The average molecular weight is 279 g/mol. The highest BCUT2D eigenvalue weighted by atomic mass is 15.1. The van der Waals surface area contributed by atoms with Crippen LogP contribution in [0.4, 0.5) is 11.5 Å². The van der Waals surface area contributed by atoms with Gasteiger partial charge >= 0.3 is 0 Å². The van der Waals surface area contributed by atoms with Gasteiger partial charge in [0.2, 0.25) is 0 Å². The van der Waals surface area contributed by atoms with Crippen LogP contribution in [0.15, 0.2) is 36.9 Å². The highest BCUT2D eigenvalue weighted by molar-refractivity contribution is 5.84. The predicted molar refractivity (Wildman–Crippen MR) is 82.6 cm³/mol. The molecule has 3 aromatic rings. The van der Waals surface area contributed by atoms with E-state index in [0.717, 1.165) is 28.6 Å². The lowest BCUT2D eigenvalue weighted by molar-refractivity contribution is 0.420. The molecule has 5 nitrogen and oxygen atoms in total. The molecule has 0 bridgehead atoms. The highest BCUT2D eigenvalue weighted by Crippen LogP contribution is 2.36. The second kappa shape index (κ2) is 4.84. The van der Waals surface area contributed by atoms with Crippen molar-refractivity contribution in [2.24, 2.45) is 7.05 Å². The van der Waals surface area contributed by atoms with Gasteiger partial charge in [0, 0.05) is 12.7 Å². The molecule has 0 spiro atoms. The summed E-state index contributed by atoms with van der Waals surface area (Å²) >= 11 is 0. The van der Waals surface area contributed by atoms with E-state index in [-0.39, 0.29) is 0 Å². The molecule has 0 aliphatic heterocycles. The molecule has 0 unspecified atom stereocenters. The molecule has 21 heavy (non-hydrogen) atoms. The summed E-state index contributed by atoms with van der Waals surface area (Å²) in [6.07, 6.45) is 7.34. The van der Waals surface area contributed by atoms with Crippen molar-refractivity contribution >= 4 is 22.7 Å². The maximum atomic E-state index is 4.36. The minimum absolute atomic E-state index is 0.747. The van der Waals surface area contributed by atoms with E-state index in [9.17, 15) is 0 Å². The van der Waals surface area contributed by atoms with Crippen LogP contribution in [0.2, 0.25) is 0 Å². The van der Waals surface area contributed by atoms with Crippen molar-refractivity contribution in [2.75, 3.05) is 5.32 Å². The van der Waals surface area contributed by atoms with Crippen LogP contribution in [-0.2, 0) is 7.05 Å². The first kappa shape index (κ1) is 12.3. The van der Waals surface area contributed by atoms with Crippen LogP contribution in [-0.4, -0.2) is 19.5 Å². The van der Waals surface area contributed by atoms with E-state index >= 15 is 0 Å². The second-order valence-electron chi connectivity index (χ2n) is 5.62. The number of benzene rings is 1. The molecule has 1 fully saturated rings. The molecule has 106 valence electrons. The molecule has 0 atom stereocenters. The number of aryl methyl sites for hydroxylation is 1. The summed E-state index contributed by atoms with van der Waals surface area (Å²) in [6, 6.07) is 8.65. The largest absolute Gasteiger partial charge is 0.338 e. The second-order valence-corrected chi connectivity index (χ2v) is 5.62. The fraction of sp³-hybridized carbons (Fsp3) is 0.312. The van der Waals surface area contributed by atoms with E-state index in [1.807, 2.05) is 11.6 Å². The molecule has 1 aliphatic carbocycles. The molecule has 0 radical (unpaired) electrons. The summed E-state index contributed by atoms with van der Waals surface area (Å²) in [5, 5.41) is 3.34. The van der Waals surface area contributed by atoms with Gasteiger partial charge < -0.3 is 9.88 Å². The first-order valence-electron chi connectivity index (χ1n) is 7.30. The van der Waals surface area contributed by atoms with Crippen LogP contribution >= 0.6 is 0 Å². The number of fused-ring (bicyclic) bond motifs is 1. The number of hydrogen-bond acceptors (Lipinski definition) is 4. The van der Waals surface area contributed by atoms with E-state index in [4.69, 9.17) is 0 Å². The predicted octanol–water partition coefficient (Wildman–Crippen LogP) is 3.37. The summed E-state index contributed by atoms with van der Waals surface area (Å²) in [5.74, 6) is 1.51. The lowest BCUT2D eigenvalue weighted by Crippen LogP contribution is -2.08. The summed E-state index contributed by atoms with van der Waals surface area (Å²) < 4.78 is 1.89. The molecule has 0 saturated heterocycles. The van der Waals surface area contributed by atoms with Crippen molar-refractivity contribution in [1.29, 1.82) is 0 Å². The van der Waals surface area contributed by atoms with Crippen molar-refractivity contribution in [3.8, 4) is 0 Å². The Morgan fingerprint density at radius 2 is 1.90 bits per heavy atom. The van der Waals surface area contributed by atoms with E-state index in [1.165, 1.54) is 24.8 Å². The molecule has 1 N–H and O–H groups in total. The molecule has 5 heteroatoms. The van der Waals surface area contributed by atoms with Gasteiger partial charge in [-0.3, -0.25) is 0 Å². The number of nitrogens with zero attached hydrogens (tertiary/aromatic N) is 4. The summed E-state index contributed by atoms with van der Waals surface area (Å²) in [6.45, 7) is 0. The zero-order valence-electron chi connectivity index (χ0n) is 12.0. The van der Waals surface area contributed by atoms with Crippen molar-refractivity contribution in [2.45, 2.75) is 25.2 Å². The maximum absolute atomic E-state index is 4.36. The Bertz CT molecular complexity index is 771. The lowest BCUT2D eigenvalue weighted by atomic mass is 9.80. The molecule has 1 saturated carbocycles. The van der Waals surface area contributed by atoms with Gasteiger partial charge in [-0.1, -0.05) is 18.6 Å². The summed E-state index contributed by atoms with van der Waals surface area (Å²) in [4.78, 5) is 12.9. The fourth-order valence-electron chi connectivity index (χ4n) is 2.75. The van der Waals surface area contributed by atoms with Gasteiger partial charge in [0.25, 0.3) is 0 Å². The van der Waals surface area contributed by atoms with Crippen LogP contribution in [0.3, 0.4) is 0 Å². The zero-order chi connectivity index (χ0) is 14.2. The van der Waals surface area contributed by atoms with Gasteiger partial charge in [-0.15, -0.1) is 0 Å². The maximum Gasteiger partial charge on any atom is 0.165 e. The van der Waals surface area contributed by atoms with Gasteiger partial charge in [0.1, 0.15) is 6.33 Å². The number of aromatic nitrogens is 4. The molecule has 2 aromatic heterocycles. The third-order valence-corrected chi connectivity index (χ3v) is 4.25. The van der Waals surface area contributed by atoms with Gasteiger partial charge in [-0.05, 0) is 36.5 Å². The van der Waals surface area contributed by atoms with Crippen LogP contribution < -0.4 is 5.32 Å². The van der Waals surface area contributed by atoms with Crippen LogP contribution in [0.1, 0.15) is 30.7 Å². The number of nitrogens with one attached hydrogen (secondary N) is 1. The van der Waals surface area contributed by atoms with Crippen molar-refractivity contribution in [3.05, 3.63) is 42.5 Å². The molecule has 4 rings (SSSR count). The van der Waals surface area contributed by atoms with E-state index in [1.54, 1.807) is 12.7 Å². The number of rotatable bonds is 3. The normalized spacial score (nSPS) is 15.1. The molecular formula is C16H17N5. The third-order valence-electron chi connectivity index (χ3n) is 4.25. The van der Waals surface area contributed by atoms with E-state index in [0.29, 0.717) is 0 Å². The summed E-state index contributed by atoms with van der Waals surface area (Å²) in [5.41, 5.74) is 4.10. The van der Waals surface area contributed by atoms with Crippen molar-refractivity contribution in [1.82, 2.24) is 19.5 Å². The Balaban J connectivity index is 1.62. The minimum atomic E-state index is 0.747. The first-order chi connectivity index (χ1) is 10.3. The quantitative estimate of drug-likeness (QED) is 0.798. The molecular weight excluding hydrogens is 262 g/mol. The van der Waals surface area contributed by atoms with E-state index < -0.39 is 0 Å². The SMILES string of the molecule is Cn1cnc2c(Nc3ccc(C4CCC4)cc3)ncnc21. The third kappa shape index (κ3) is 2.14. The van der Waals surface area contributed by atoms with Gasteiger partial charge in [-0.2, -0.15) is 0 Å². The number of imidazole rings is 1. The smallest absolute Gasteiger partial charge is 0.165 e. The van der Waals surface area contributed by atoms with Crippen LogP contribution in [0, 0.1) is 0 Å². The Labute approximate surface area is 123 Å². The Kier molecular flexibility index (Phi) is 2.84. The minimum Gasteiger partial charge on any atom is -0.338 e. The Morgan fingerprint density at radius 3 is 2.62 bits per heavy atom. The monoisotopic (exact) mass is 279 g/mol. The molecule has 1 aliphatic rings. The van der Waals surface area contributed by atoms with Crippen molar-refractivity contribution < 1.29 is 0 Å². The van der Waals surface area contributed by atoms with Gasteiger partial charge in [-0.25, -0.2) is 15.0 Å². The van der Waals surface area contributed by atoms with E-state index in [2.05, 4.69) is 44.5 Å². The van der Waals surface area contributed by atoms with Crippen LogP contribution in [0.25, 0.3) is 11.2 Å². The summed E-state index contributed by atoms with van der Waals surface area (Å²) in [7, 11) is 1.93. The van der Waals surface area contributed by atoms with Gasteiger partial charge in [0.15, 0.2) is 17.0 Å². The Morgan fingerprint density at radius 1 is 1.10 bits per heavy atom. The van der Waals surface area contributed by atoms with Crippen molar-refractivity contribution in [3.63, 3.8) is 0 Å². The van der Waals surface area contributed by atoms with Gasteiger partial charge in [0.05, 0.1) is 6.33 Å². The molecule has 2 heterocycles. The number of hydrogen-bond donors (Lipinski definition) is 1. The standard InChI is InChI=1S/C16H17N5/c1-21-10-19-14-15(17-9-18-16(14)21)20-13-7-5-12(6-8-13)11-3-2-4-11/h5-11H,2-4H2,1H3,(H,17,18,20). The Hall–Kier alpha value is -2.43. The first-order valence-corrected chi connectivity index (χ1v) is 7.30. The highest BCUT2D eigenvalue weighted by Gasteiger charge is 2.19.